The first-order valence-electron chi connectivity index (χ1n) is 10.5. The lowest BCUT2D eigenvalue weighted by Gasteiger charge is -2.38. The minimum absolute atomic E-state index is 0.195. The standard InChI is InChI=1S/C23H30N4O/c28-23(21-9-12-25(13-10-21)19-22-8-4-5-11-24-22)27-16-14-26(15-17-27)18-20-6-2-1-3-7-20/h1-8,11,21H,9-10,12-19H2. The average Bonchev–Trinajstić information content (AvgIpc) is 2.76. The molecule has 0 aliphatic carbocycles. The molecule has 0 radical (unpaired) electrons. The molecule has 5 nitrogen and oxygen atoms in total. The van der Waals surface area contributed by atoms with E-state index in [2.05, 4.69) is 56.1 Å². The van der Waals surface area contributed by atoms with Gasteiger partial charge >= 0.3 is 0 Å². The van der Waals surface area contributed by atoms with Gasteiger partial charge in [0.15, 0.2) is 0 Å². The van der Waals surface area contributed by atoms with Crippen molar-refractivity contribution in [1.82, 2.24) is 19.7 Å². The lowest BCUT2D eigenvalue weighted by atomic mass is 9.95. The number of hydrogen-bond acceptors (Lipinski definition) is 4. The maximum absolute atomic E-state index is 13.0. The highest BCUT2D eigenvalue weighted by molar-refractivity contribution is 5.79. The summed E-state index contributed by atoms with van der Waals surface area (Å²) in [5.74, 6) is 0.567. The molecule has 1 aromatic heterocycles. The third-order valence-corrected chi connectivity index (χ3v) is 5.98. The Morgan fingerprint density at radius 1 is 0.821 bits per heavy atom. The summed E-state index contributed by atoms with van der Waals surface area (Å²) in [6, 6.07) is 16.7. The number of rotatable bonds is 5. The third kappa shape index (κ3) is 4.97. The molecule has 2 fully saturated rings. The summed E-state index contributed by atoms with van der Waals surface area (Å²) >= 11 is 0. The fourth-order valence-corrected chi connectivity index (χ4v) is 4.28. The number of benzene rings is 1. The van der Waals surface area contributed by atoms with E-state index in [0.29, 0.717) is 5.91 Å². The zero-order chi connectivity index (χ0) is 19.2. The highest BCUT2D eigenvalue weighted by atomic mass is 16.2. The van der Waals surface area contributed by atoms with Crippen LogP contribution in [0.3, 0.4) is 0 Å². The van der Waals surface area contributed by atoms with Crippen molar-refractivity contribution in [2.24, 2.45) is 5.92 Å². The summed E-state index contributed by atoms with van der Waals surface area (Å²) in [5.41, 5.74) is 2.46. The Bertz CT molecular complexity index is 672. The summed E-state index contributed by atoms with van der Waals surface area (Å²) in [7, 11) is 0. The van der Waals surface area contributed by atoms with E-state index in [4.69, 9.17) is 0 Å². The van der Waals surface area contributed by atoms with Crippen molar-refractivity contribution in [1.29, 1.82) is 0 Å². The molecule has 0 saturated carbocycles. The molecule has 148 valence electrons. The van der Waals surface area contributed by atoms with E-state index in [1.54, 1.807) is 0 Å². The SMILES string of the molecule is O=C(C1CCN(Cc2ccccn2)CC1)N1CCN(Cc2ccccc2)CC1. The highest BCUT2D eigenvalue weighted by Gasteiger charge is 2.30. The zero-order valence-corrected chi connectivity index (χ0v) is 16.5. The Morgan fingerprint density at radius 2 is 1.50 bits per heavy atom. The number of hydrogen-bond donors (Lipinski definition) is 0. The van der Waals surface area contributed by atoms with Crippen LogP contribution >= 0.6 is 0 Å². The molecule has 2 aliphatic heterocycles. The smallest absolute Gasteiger partial charge is 0.225 e. The predicted octanol–water partition coefficient (Wildman–Crippen LogP) is 2.64. The maximum atomic E-state index is 13.0. The number of piperidine rings is 1. The molecular weight excluding hydrogens is 348 g/mol. The van der Waals surface area contributed by atoms with Gasteiger partial charge in [0.2, 0.25) is 5.91 Å². The topological polar surface area (TPSA) is 39.7 Å². The Balaban J connectivity index is 1.20. The van der Waals surface area contributed by atoms with Crippen molar-refractivity contribution >= 4 is 5.91 Å². The second kappa shape index (κ2) is 9.30. The molecule has 5 heteroatoms. The van der Waals surface area contributed by atoms with E-state index in [1.165, 1.54) is 5.56 Å². The highest BCUT2D eigenvalue weighted by Crippen LogP contribution is 2.22. The van der Waals surface area contributed by atoms with Crippen molar-refractivity contribution in [3.05, 3.63) is 66.0 Å². The van der Waals surface area contributed by atoms with Gasteiger partial charge in [-0.3, -0.25) is 19.6 Å². The molecule has 2 saturated heterocycles. The number of carbonyl (C=O) groups is 1. The second-order valence-electron chi connectivity index (χ2n) is 7.96. The molecule has 4 rings (SSSR count). The third-order valence-electron chi connectivity index (χ3n) is 5.98. The van der Waals surface area contributed by atoms with Crippen LogP contribution in [0.25, 0.3) is 0 Å². The number of aromatic nitrogens is 1. The number of nitrogens with zero attached hydrogens (tertiary/aromatic N) is 4. The fourth-order valence-electron chi connectivity index (χ4n) is 4.28. The number of likely N-dealkylation sites (tertiary alicyclic amines) is 1. The van der Waals surface area contributed by atoms with Gasteiger partial charge in [-0.25, -0.2) is 0 Å². The molecule has 0 unspecified atom stereocenters. The zero-order valence-electron chi connectivity index (χ0n) is 16.5. The summed E-state index contributed by atoms with van der Waals surface area (Å²) in [4.78, 5) is 24.3. The van der Waals surface area contributed by atoms with Gasteiger partial charge in [0.25, 0.3) is 0 Å². The summed E-state index contributed by atoms with van der Waals surface area (Å²) in [6.45, 7) is 7.51. The Kier molecular flexibility index (Phi) is 6.34. The Morgan fingerprint density at radius 3 is 2.18 bits per heavy atom. The van der Waals surface area contributed by atoms with E-state index in [9.17, 15) is 4.79 Å². The molecule has 1 amide bonds. The fraction of sp³-hybridized carbons (Fsp3) is 0.478. The van der Waals surface area contributed by atoms with Gasteiger partial charge in [-0.05, 0) is 43.6 Å². The van der Waals surface area contributed by atoms with E-state index in [1.807, 2.05) is 18.3 Å². The summed E-state index contributed by atoms with van der Waals surface area (Å²) in [6.07, 6.45) is 3.79. The van der Waals surface area contributed by atoms with E-state index in [-0.39, 0.29) is 5.92 Å². The summed E-state index contributed by atoms with van der Waals surface area (Å²) in [5, 5.41) is 0. The Hall–Kier alpha value is -2.24. The molecule has 0 atom stereocenters. The van der Waals surface area contributed by atoms with Gasteiger partial charge in [-0.15, -0.1) is 0 Å². The summed E-state index contributed by atoms with van der Waals surface area (Å²) < 4.78 is 0. The van der Waals surface area contributed by atoms with Gasteiger partial charge < -0.3 is 4.90 Å². The van der Waals surface area contributed by atoms with Crippen LogP contribution < -0.4 is 0 Å². The molecule has 2 aliphatic rings. The van der Waals surface area contributed by atoms with E-state index in [0.717, 1.165) is 70.9 Å². The number of amides is 1. The lowest BCUT2D eigenvalue weighted by molar-refractivity contribution is -0.139. The van der Waals surface area contributed by atoms with Crippen LogP contribution in [0.15, 0.2) is 54.7 Å². The lowest BCUT2D eigenvalue weighted by Crippen LogP contribution is -2.51. The molecular formula is C23H30N4O. The van der Waals surface area contributed by atoms with Crippen LogP contribution in [-0.4, -0.2) is 64.9 Å². The van der Waals surface area contributed by atoms with Gasteiger partial charge in [0.1, 0.15) is 0 Å². The minimum atomic E-state index is 0.195. The first-order valence-corrected chi connectivity index (χ1v) is 10.5. The molecule has 0 N–H and O–H groups in total. The van der Waals surface area contributed by atoms with Crippen molar-refractivity contribution in [2.45, 2.75) is 25.9 Å². The number of carbonyl (C=O) groups excluding carboxylic acids is 1. The number of pyridine rings is 1. The van der Waals surface area contributed by atoms with Gasteiger partial charge in [-0.2, -0.15) is 0 Å². The van der Waals surface area contributed by atoms with Crippen molar-refractivity contribution in [3.63, 3.8) is 0 Å². The average molecular weight is 379 g/mol. The van der Waals surface area contributed by atoms with Crippen LogP contribution in [-0.2, 0) is 17.9 Å². The van der Waals surface area contributed by atoms with Gasteiger partial charge in [0, 0.05) is 51.4 Å². The largest absolute Gasteiger partial charge is 0.340 e. The van der Waals surface area contributed by atoms with Crippen molar-refractivity contribution in [3.8, 4) is 0 Å². The maximum Gasteiger partial charge on any atom is 0.225 e. The van der Waals surface area contributed by atoms with Crippen LogP contribution in [0.2, 0.25) is 0 Å². The van der Waals surface area contributed by atoms with Crippen molar-refractivity contribution in [2.75, 3.05) is 39.3 Å². The first-order chi connectivity index (χ1) is 13.8. The van der Waals surface area contributed by atoms with Crippen molar-refractivity contribution < 1.29 is 4.79 Å². The van der Waals surface area contributed by atoms with E-state index >= 15 is 0 Å². The van der Waals surface area contributed by atoms with Crippen LogP contribution in [0.5, 0.6) is 0 Å². The van der Waals surface area contributed by atoms with E-state index < -0.39 is 0 Å². The normalized spacial score (nSPS) is 19.6. The Labute approximate surface area is 168 Å². The van der Waals surface area contributed by atoms with Gasteiger partial charge in [-0.1, -0.05) is 36.4 Å². The molecule has 1 aromatic carbocycles. The first kappa shape index (κ1) is 19.1. The second-order valence-corrected chi connectivity index (χ2v) is 7.96. The van der Waals surface area contributed by atoms with Gasteiger partial charge in [0.05, 0.1) is 5.69 Å². The molecule has 2 aromatic rings. The quantitative estimate of drug-likeness (QED) is 0.802. The van der Waals surface area contributed by atoms with Crippen LogP contribution in [0, 0.1) is 5.92 Å². The van der Waals surface area contributed by atoms with Crippen LogP contribution in [0.4, 0.5) is 0 Å². The minimum Gasteiger partial charge on any atom is -0.340 e. The predicted molar refractivity (Wildman–Crippen MR) is 111 cm³/mol. The molecule has 3 heterocycles. The molecule has 0 spiro atoms. The molecule has 0 bridgehead atoms. The van der Waals surface area contributed by atoms with Crippen LogP contribution in [0.1, 0.15) is 24.1 Å². The monoisotopic (exact) mass is 378 g/mol. The molecule has 28 heavy (non-hydrogen) atoms. The number of piperazine rings is 1.